The normalized spacial score (nSPS) is 17.8. The SMILES string of the molecule is Cc1nn(C)c(N(C)CC2CCN(Cc3ccccc3)C2)c1[N+](=O)[O-]. The Labute approximate surface area is 148 Å². The summed E-state index contributed by atoms with van der Waals surface area (Å²) < 4.78 is 1.62. The third-order valence-electron chi connectivity index (χ3n) is 4.86. The molecule has 0 aliphatic carbocycles. The standard InChI is InChI=1S/C18H25N5O2/c1-14-17(23(24)25)18(21(3)19-14)20(2)11-16-9-10-22(13-16)12-15-7-5-4-6-8-15/h4-8,16H,9-13H2,1-3H3. The van der Waals surface area contributed by atoms with Crippen molar-refractivity contribution in [2.75, 3.05) is 31.6 Å². The average Bonchev–Trinajstić information content (AvgIpc) is 3.11. The molecule has 0 amide bonds. The lowest BCUT2D eigenvalue weighted by Gasteiger charge is -2.23. The molecule has 134 valence electrons. The highest BCUT2D eigenvalue weighted by Gasteiger charge is 2.30. The first-order valence-corrected chi connectivity index (χ1v) is 8.61. The van der Waals surface area contributed by atoms with Gasteiger partial charge in [-0.05, 0) is 31.4 Å². The molecule has 1 aliphatic rings. The van der Waals surface area contributed by atoms with Crippen LogP contribution < -0.4 is 4.90 Å². The smallest absolute Gasteiger partial charge is 0.333 e. The molecule has 2 aromatic rings. The van der Waals surface area contributed by atoms with E-state index in [1.165, 1.54) is 5.56 Å². The van der Waals surface area contributed by atoms with Crippen LogP contribution in [-0.2, 0) is 13.6 Å². The molecule has 1 atom stereocenters. The zero-order chi connectivity index (χ0) is 18.0. The summed E-state index contributed by atoms with van der Waals surface area (Å²) in [6.07, 6.45) is 1.11. The van der Waals surface area contributed by atoms with Crippen LogP contribution in [0.4, 0.5) is 11.5 Å². The highest BCUT2D eigenvalue weighted by molar-refractivity contribution is 5.60. The Bertz CT molecular complexity index is 743. The Balaban J connectivity index is 1.63. The predicted octanol–water partition coefficient (Wildman–Crippen LogP) is 2.60. The quantitative estimate of drug-likeness (QED) is 0.596. The van der Waals surface area contributed by atoms with Crippen LogP contribution in [0.1, 0.15) is 17.7 Å². The number of nitro groups is 1. The Kier molecular flexibility index (Phi) is 5.03. The summed E-state index contributed by atoms with van der Waals surface area (Å²) in [4.78, 5) is 15.5. The highest BCUT2D eigenvalue weighted by atomic mass is 16.6. The maximum absolute atomic E-state index is 11.4. The predicted molar refractivity (Wildman–Crippen MR) is 97.7 cm³/mol. The van der Waals surface area contributed by atoms with Gasteiger partial charge in [0.05, 0.1) is 4.92 Å². The fourth-order valence-corrected chi connectivity index (χ4v) is 3.80. The van der Waals surface area contributed by atoms with Gasteiger partial charge in [0, 0.05) is 33.7 Å². The molecule has 1 unspecified atom stereocenters. The summed E-state index contributed by atoms with van der Waals surface area (Å²) in [6.45, 7) is 5.54. The largest absolute Gasteiger partial charge is 0.354 e. The van der Waals surface area contributed by atoms with E-state index in [0.29, 0.717) is 17.4 Å². The van der Waals surface area contributed by atoms with Crippen molar-refractivity contribution in [1.82, 2.24) is 14.7 Å². The summed E-state index contributed by atoms with van der Waals surface area (Å²) in [6, 6.07) is 10.5. The van der Waals surface area contributed by atoms with Crippen LogP contribution in [0, 0.1) is 23.0 Å². The third kappa shape index (κ3) is 3.82. The number of aryl methyl sites for hydroxylation is 2. The molecule has 1 aliphatic heterocycles. The molecular weight excluding hydrogens is 318 g/mol. The fourth-order valence-electron chi connectivity index (χ4n) is 3.80. The minimum atomic E-state index is -0.329. The van der Waals surface area contributed by atoms with Crippen LogP contribution >= 0.6 is 0 Å². The first-order valence-electron chi connectivity index (χ1n) is 8.61. The Morgan fingerprint density at radius 1 is 1.36 bits per heavy atom. The van der Waals surface area contributed by atoms with E-state index < -0.39 is 0 Å². The minimum absolute atomic E-state index is 0.115. The summed E-state index contributed by atoms with van der Waals surface area (Å²) in [7, 11) is 3.69. The molecule has 0 bridgehead atoms. The maximum atomic E-state index is 11.4. The molecule has 25 heavy (non-hydrogen) atoms. The topological polar surface area (TPSA) is 67.4 Å². The molecule has 1 aromatic heterocycles. The fraction of sp³-hybridized carbons (Fsp3) is 0.500. The van der Waals surface area contributed by atoms with Gasteiger partial charge in [0.25, 0.3) is 0 Å². The molecule has 0 saturated carbocycles. The summed E-state index contributed by atoms with van der Waals surface area (Å²) in [5.41, 5.74) is 1.91. The van der Waals surface area contributed by atoms with Crippen molar-refractivity contribution in [1.29, 1.82) is 0 Å². The molecular formula is C18H25N5O2. The van der Waals surface area contributed by atoms with Gasteiger partial charge >= 0.3 is 5.69 Å². The minimum Gasteiger partial charge on any atom is -0.354 e. The molecule has 1 saturated heterocycles. The highest BCUT2D eigenvalue weighted by Crippen LogP contribution is 2.31. The Morgan fingerprint density at radius 3 is 2.76 bits per heavy atom. The summed E-state index contributed by atoms with van der Waals surface area (Å²) in [5.74, 6) is 1.09. The molecule has 7 nitrogen and oxygen atoms in total. The number of likely N-dealkylation sites (tertiary alicyclic amines) is 1. The molecule has 0 radical (unpaired) electrons. The lowest BCUT2D eigenvalue weighted by molar-refractivity contribution is -0.384. The van der Waals surface area contributed by atoms with Crippen LogP contribution in [0.15, 0.2) is 30.3 Å². The zero-order valence-corrected chi connectivity index (χ0v) is 15.1. The van der Waals surface area contributed by atoms with Crippen molar-refractivity contribution in [3.8, 4) is 0 Å². The van der Waals surface area contributed by atoms with Gasteiger partial charge in [-0.2, -0.15) is 5.10 Å². The summed E-state index contributed by atoms with van der Waals surface area (Å²) in [5, 5.41) is 15.6. The van der Waals surface area contributed by atoms with E-state index in [9.17, 15) is 10.1 Å². The lowest BCUT2D eigenvalue weighted by Crippen LogP contribution is -2.29. The van der Waals surface area contributed by atoms with Crippen LogP contribution in [0.3, 0.4) is 0 Å². The van der Waals surface area contributed by atoms with E-state index in [4.69, 9.17) is 0 Å². The van der Waals surface area contributed by atoms with Crippen molar-refractivity contribution < 1.29 is 4.92 Å². The second kappa shape index (κ2) is 7.23. The van der Waals surface area contributed by atoms with Crippen LogP contribution in [0.25, 0.3) is 0 Å². The van der Waals surface area contributed by atoms with Crippen molar-refractivity contribution in [3.63, 3.8) is 0 Å². The number of hydrogen-bond acceptors (Lipinski definition) is 5. The number of anilines is 1. The van der Waals surface area contributed by atoms with Gasteiger partial charge in [-0.15, -0.1) is 0 Å². The monoisotopic (exact) mass is 343 g/mol. The number of benzene rings is 1. The van der Waals surface area contributed by atoms with Crippen molar-refractivity contribution in [3.05, 3.63) is 51.7 Å². The second-order valence-electron chi connectivity index (χ2n) is 6.89. The van der Waals surface area contributed by atoms with Gasteiger partial charge in [-0.1, -0.05) is 30.3 Å². The Hall–Kier alpha value is -2.41. The van der Waals surface area contributed by atoms with Crippen molar-refractivity contribution in [2.24, 2.45) is 13.0 Å². The first kappa shape index (κ1) is 17.4. The average molecular weight is 343 g/mol. The van der Waals surface area contributed by atoms with Gasteiger partial charge < -0.3 is 4.90 Å². The van der Waals surface area contributed by atoms with Gasteiger partial charge in [-0.25, -0.2) is 4.68 Å². The second-order valence-corrected chi connectivity index (χ2v) is 6.89. The Morgan fingerprint density at radius 2 is 2.08 bits per heavy atom. The van der Waals surface area contributed by atoms with E-state index in [1.54, 1.807) is 18.7 Å². The molecule has 0 N–H and O–H groups in total. The summed E-state index contributed by atoms with van der Waals surface area (Å²) >= 11 is 0. The van der Waals surface area contributed by atoms with Gasteiger partial charge in [0.1, 0.15) is 5.69 Å². The van der Waals surface area contributed by atoms with Crippen LogP contribution in [0.5, 0.6) is 0 Å². The van der Waals surface area contributed by atoms with Crippen molar-refractivity contribution in [2.45, 2.75) is 19.9 Å². The zero-order valence-electron chi connectivity index (χ0n) is 15.1. The number of aromatic nitrogens is 2. The number of rotatable bonds is 6. The van der Waals surface area contributed by atoms with E-state index >= 15 is 0 Å². The van der Waals surface area contributed by atoms with Crippen LogP contribution in [-0.4, -0.2) is 46.3 Å². The van der Waals surface area contributed by atoms with Gasteiger partial charge in [0.15, 0.2) is 0 Å². The number of nitrogens with zero attached hydrogens (tertiary/aromatic N) is 5. The lowest BCUT2D eigenvalue weighted by atomic mass is 10.1. The maximum Gasteiger partial charge on any atom is 0.333 e. The van der Waals surface area contributed by atoms with E-state index in [-0.39, 0.29) is 10.6 Å². The van der Waals surface area contributed by atoms with Gasteiger partial charge in [0.2, 0.25) is 5.82 Å². The first-order chi connectivity index (χ1) is 12.0. The van der Waals surface area contributed by atoms with Gasteiger partial charge in [-0.3, -0.25) is 15.0 Å². The molecule has 3 rings (SSSR count). The number of hydrogen-bond donors (Lipinski definition) is 0. The molecule has 1 aromatic carbocycles. The van der Waals surface area contributed by atoms with E-state index in [1.807, 2.05) is 18.0 Å². The molecule has 1 fully saturated rings. The van der Waals surface area contributed by atoms with Crippen molar-refractivity contribution >= 4 is 11.5 Å². The van der Waals surface area contributed by atoms with E-state index in [2.05, 4.69) is 34.3 Å². The molecule has 7 heteroatoms. The third-order valence-corrected chi connectivity index (χ3v) is 4.86. The molecule has 2 heterocycles. The van der Waals surface area contributed by atoms with E-state index in [0.717, 1.165) is 32.6 Å². The van der Waals surface area contributed by atoms with Crippen LogP contribution in [0.2, 0.25) is 0 Å². The molecule has 0 spiro atoms.